The van der Waals surface area contributed by atoms with Crippen LogP contribution < -0.4 is 20.1 Å². The predicted molar refractivity (Wildman–Crippen MR) is 162 cm³/mol. The van der Waals surface area contributed by atoms with Gasteiger partial charge in [0, 0.05) is 29.2 Å². The van der Waals surface area contributed by atoms with Gasteiger partial charge in [-0.25, -0.2) is 23.2 Å². The van der Waals surface area contributed by atoms with Crippen molar-refractivity contribution in [3.8, 4) is 17.0 Å². The fourth-order valence-electron chi connectivity index (χ4n) is 5.19. The number of hydrogen-bond acceptors (Lipinski definition) is 8. The van der Waals surface area contributed by atoms with E-state index in [0.717, 1.165) is 47.7 Å². The summed E-state index contributed by atoms with van der Waals surface area (Å²) in [6, 6.07) is 13.7. The third-order valence-electron chi connectivity index (χ3n) is 7.28. The van der Waals surface area contributed by atoms with Crippen LogP contribution in [0.25, 0.3) is 22.0 Å². The Labute approximate surface area is 248 Å². The highest BCUT2D eigenvalue weighted by molar-refractivity contribution is 7.92. The third kappa shape index (κ3) is 6.50. The van der Waals surface area contributed by atoms with Crippen LogP contribution >= 0.6 is 11.6 Å². The van der Waals surface area contributed by atoms with Crippen LogP contribution in [0.1, 0.15) is 38.2 Å². The smallest absolute Gasteiger partial charge is 0.404 e. The molecule has 2 aromatic carbocycles. The van der Waals surface area contributed by atoms with E-state index in [2.05, 4.69) is 25.3 Å². The van der Waals surface area contributed by atoms with Gasteiger partial charge in [-0.15, -0.1) is 0 Å². The van der Waals surface area contributed by atoms with Gasteiger partial charge in [-0.3, -0.25) is 4.72 Å². The molecule has 0 saturated heterocycles. The number of nitrogens with zero attached hydrogens (tertiary/aromatic N) is 3. The number of methoxy groups -OCH3 is 1. The van der Waals surface area contributed by atoms with Crippen molar-refractivity contribution < 1.29 is 23.1 Å². The van der Waals surface area contributed by atoms with Crippen molar-refractivity contribution >= 4 is 50.4 Å². The molecule has 1 amide bonds. The molecule has 0 spiro atoms. The minimum atomic E-state index is -3.96. The average Bonchev–Trinajstić information content (AvgIpc) is 2.97. The average molecular weight is 611 g/mol. The number of rotatable bonds is 9. The lowest BCUT2D eigenvalue weighted by atomic mass is 9.91. The van der Waals surface area contributed by atoms with Gasteiger partial charge in [-0.05, 0) is 79.6 Å². The van der Waals surface area contributed by atoms with E-state index >= 15 is 0 Å². The molecule has 11 nitrogen and oxygen atoms in total. The lowest BCUT2D eigenvalue weighted by Crippen LogP contribution is -2.39. The number of ether oxygens (including phenoxy) is 1. The van der Waals surface area contributed by atoms with Gasteiger partial charge in [-0.1, -0.05) is 30.7 Å². The van der Waals surface area contributed by atoms with Crippen LogP contribution in [0.5, 0.6) is 5.88 Å². The Balaban J connectivity index is 1.38. The van der Waals surface area contributed by atoms with Crippen molar-refractivity contribution in [2.45, 2.75) is 56.0 Å². The van der Waals surface area contributed by atoms with Gasteiger partial charge in [0.2, 0.25) is 11.8 Å². The number of aryl methyl sites for hydroxylation is 1. The lowest BCUT2D eigenvalue weighted by molar-refractivity contribution is 0.185. The number of nitrogens with one attached hydrogen (secondary N) is 3. The van der Waals surface area contributed by atoms with Crippen LogP contribution in [-0.4, -0.2) is 53.8 Å². The van der Waals surface area contributed by atoms with Gasteiger partial charge in [0.25, 0.3) is 10.0 Å². The number of carboxylic acid groups (broad SMARTS) is 1. The Morgan fingerprint density at radius 2 is 1.79 bits per heavy atom. The normalized spacial score (nSPS) is 17.0. The Bertz CT molecular complexity index is 1730. The quantitative estimate of drug-likeness (QED) is 0.186. The van der Waals surface area contributed by atoms with Crippen LogP contribution in [0.3, 0.4) is 0 Å². The summed E-state index contributed by atoms with van der Waals surface area (Å²) in [6.45, 7) is 2.04. The van der Waals surface area contributed by atoms with Crippen molar-refractivity contribution in [3.05, 3.63) is 65.3 Å². The van der Waals surface area contributed by atoms with Crippen molar-refractivity contribution in [3.63, 3.8) is 0 Å². The van der Waals surface area contributed by atoms with E-state index in [1.54, 1.807) is 30.5 Å². The van der Waals surface area contributed by atoms with Gasteiger partial charge >= 0.3 is 6.09 Å². The molecule has 1 aliphatic carbocycles. The molecular weight excluding hydrogens is 580 g/mol. The third-order valence-corrected chi connectivity index (χ3v) is 9.14. The first kappa shape index (κ1) is 29.3. The van der Waals surface area contributed by atoms with E-state index < -0.39 is 16.1 Å². The Hall–Kier alpha value is -4.16. The molecule has 4 aromatic rings. The summed E-state index contributed by atoms with van der Waals surface area (Å²) in [4.78, 5) is 24.6. The first-order valence-corrected chi connectivity index (χ1v) is 15.4. The van der Waals surface area contributed by atoms with Gasteiger partial charge in [-0.2, -0.15) is 4.98 Å². The van der Waals surface area contributed by atoms with E-state index in [1.165, 1.54) is 19.2 Å². The van der Waals surface area contributed by atoms with Crippen LogP contribution in [0.2, 0.25) is 5.02 Å². The van der Waals surface area contributed by atoms with Crippen LogP contribution in [0.4, 0.5) is 16.6 Å². The number of fused-ring (bicyclic) bond motifs is 1. The first-order valence-electron chi connectivity index (χ1n) is 13.5. The summed E-state index contributed by atoms with van der Waals surface area (Å²) in [5.41, 5.74) is 3.37. The molecule has 0 unspecified atom stereocenters. The number of halogens is 1. The summed E-state index contributed by atoms with van der Waals surface area (Å²) in [7, 11) is -2.48. The topological polar surface area (TPSA) is 155 Å². The summed E-state index contributed by atoms with van der Waals surface area (Å²) in [6.07, 6.45) is 4.65. The molecule has 0 radical (unpaired) electrons. The monoisotopic (exact) mass is 610 g/mol. The fraction of sp³-hybridized carbons (Fsp3) is 0.310. The Morgan fingerprint density at radius 3 is 2.48 bits per heavy atom. The number of benzene rings is 2. The molecule has 2 aromatic heterocycles. The second-order valence-electron chi connectivity index (χ2n) is 10.0. The summed E-state index contributed by atoms with van der Waals surface area (Å²) >= 11 is 6.10. The number of amides is 1. The first-order chi connectivity index (χ1) is 20.2. The summed E-state index contributed by atoms with van der Waals surface area (Å²) in [5.74, 6) is 0.887. The number of carbonyl (C=O) groups is 1. The van der Waals surface area contributed by atoms with E-state index in [4.69, 9.17) is 26.4 Å². The van der Waals surface area contributed by atoms with Crippen molar-refractivity contribution in [1.82, 2.24) is 20.3 Å². The number of aromatic nitrogens is 3. The maximum absolute atomic E-state index is 12.9. The molecule has 1 saturated carbocycles. The van der Waals surface area contributed by atoms with Gasteiger partial charge in [0.15, 0.2) is 0 Å². The SMILES string of the molecule is CCc1cc2nc(NC3CCC(NC(=O)O)CC3)ncc2cc1-c1ccc(NS(=O)(=O)c2ccccc2Cl)nc1OC. The summed E-state index contributed by atoms with van der Waals surface area (Å²) in [5, 5.41) is 15.8. The highest BCUT2D eigenvalue weighted by Gasteiger charge is 2.23. The number of sulfonamides is 1. The molecule has 5 rings (SSSR count). The Morgan fingerprint density at radius 1 is 1.05 bits per heavy atom. The number of anilines is 2. The van der Waals surface area contributed by atoms with Crippen molar-refractivity contribution in [2.24, 2.45) is 0 Å². The lowest BCUT2D eigenvalue weighted by Gasteiger charge is -2.28. The second-order valence-corrected chi connectivity index (χ2v) is 12.1. The molecule has 0 atom stereocenters. The number of pyridine rings is 1. The standard InChI is InChI=1S/C29H31ClN6O5S/c1-3-17-15-24-18(16-31-28(34-24)32-19-8-10-20(11-9-19)33-29(37)38)14-22(17)21-12-13-26(35-27(21)41-2)36-42(39,40)25-7-5-4-6-23(25)30/h4-7,12-16,19-20,33H,3,8-11H2,1-2H3,(H,35,36)(H,37,38)(H,31,32,34). The molecule has 4 N–H and O–H groups in total. The van der Waals surface area contributed by atoms with E-state index in [9.17, 15) is 13.2 Å². The van der Waals surface area contributed by atoms with Gasteiger partial charge in [0.05, 0.1) is 17.6 Å². The van der Waals surface area contributed by atoms with Crippen LogP contribution in [0.15, 0.2) is 59.6 Å². The van der Waals surface area contributed by atoms with E-state index in [1.807, 2.05) is 19.1 Å². The molecule has 1 aliphatic rings. The van der Waals surface area contributed by atoms with Crippen LogP contribution in [0, 0.1) is 0 Å². The molecular formula is C29H31ClN6O5S. The molecule has 13 heteroatoms. The minimum Gasteiger partial charge on any atom is -0.480 e. The number of hydrogen-bond donors (Lipinski definition) is 4. The van der Waals surface area contributed by atoms with Gasteiger partial charge in [0.1, 0.15) is 10.7 Å². The molecule has 1 fully saturated rings. The molecule has 0 aliphatic heterocycles. The van der Waals surface area contributed by atoms with Crippen LogP contribution in [-0.2, 0) is 16.4 Å². The summed E-state index contributed by atoms with van der Waals surface area (Å²) < 4.78 is 33.9. The minimum absolute atomic E-state index is 0.0216. The largest absolute Gasteiger partial charge is 0.480 e. The zero-order valence-corrected chi connectivity index (χ0v) is 24.7. The highest BCUT2D eigenvalue weighted by Crippen LogP contribution is 2.35. The second kappa shape index (κ2) is 12.4. The fourth-order valence-corrected chi connectivity index (χ4v) is 6.71. The van der Waals surface area contributed by atoms with Gasteiger partial charge < -0.3 is 20.5 Å². The molecule has 220 valence electrons. The molecule has 0 bridgehead atoms. The predicted octanol–water partition coefficient (Wildman–Crippen LogP) is 5.71. The van der Waals surface area contributed by atoms with E-state index in [0.29, 0.717) is 17.9 Å². The van der Waals surface area contributed by atoms with Crippen molar-refractivity contribution in [1.29, 1.82) is 0 Å². The zero-order chi connectivity index (χ0) is 29.9. The molecule has 2 heterocycles. The van der Waals surface area contributed by atoms with Crippen molar-refractivity contribution in [2.75, 3.05) is 17.1 Å². The maximum Gasteiger partial charge on any atom is 0.404 e. The zero-order valence-electron chi connectivity index (χ0n) is 23.1. The molecule has 42 heavy (non-hydrogen) atoms. The van der Waals surface area contributed by atoms with E-state index in [-0.39, 0.29) is 33.7 Å². The Kier molecular flexibility index (Phi) is 8.64. The highest BCUT2D eigenvalue weighted by atomic mass is 35.5. The maximum atomic E-state index is 12.9.